The van der Waals surface area contributed by atoms with Crippen molar-refractivity contribution in [2.45, 2.75) is 31.0 Å². The number of esters is 1. The summed E-state index contributed by atoms with van der Waals surface area (Å²) in [5.41, 5.74) is 2.13. The van der Waals surface area contributed by atoms with E-state index in [1.807, 2.05) is 43.0 Å². The van der Waals surface area contributed by atoms with Gasteiger partial charge in [0.25, 0.3) is 0 Å². The van der Waals surface area contributed by atoms with Crippen LogP contribution in [0.25, 0.3) is 0 Å². The van der Waals surface area contributed by atoms with Crippen LogP contribution >= 0.6 is 23.1 Å². The van der Waals surface area contributed by atoms with Crippen LogP contribution in [-0.4, -0.2) is 52.4 Å². The fourth-order valence-electron chi connectivity index (χ4n) is 3.00. The predicted molar refractivity (Wildman–Crippen MR) is 111 cm³/mol. The first kappa shape index (κ1) is 20.6. The molecule has 0 aliphatic carbocycles. The number of aromatic nitrogens is 2. The molecule has 1 N–H and O–H groups in total. The monoisotopic (exact) mass is 420 g/mol. The number of ether oxygens (including phenoxy) is 1. The molecule has 0 atom stereocenters. The summed E-state index contributed by atoms with van der Waals surface area (Å²) >= 11 is 2.82. The molecule has 1 fully saturated rings. The number of piperidine rings is 1. The number of anilines is 2. The van der Waals surface area contributed by atoms with E-state index in [2.05, 4.69) is 15.5 Å². The SMILES string of the molecule is CCOC(=O)C1CCN(C(=O)CSc2nnc(Nc3cccc(C)c3)s2)CC1. The van der Waals surface area contributed by atoms with E-state index in [0.717, 1.165) is 10.0 Å². The van der Waals surface area contributed by atoms with Crippen molar-refractivity contribution in [2.24, 2.45) is 5.92 Å². The Morgan fingerprint density at radius 1 is 1.32 bits per heavy atom. The number of carbonyl (C=O) groups is 2. The highest BCUT2D eigenvalue weighted by atomic mass is 32.2. The molecule has 2 heterocycles. The van der Waals surface area contributed by atoms with Gasteiger partial charge in [0.05, 0.1) is 18.3 Å². The quantitative estimate of drug-likeness (QED) is 0.542. The summed E-state index contributed by atoms with van der Waals surface area (Å²) in [6, 6.07) is 8.04. The van der Waals surface area contributed by atoms with Gasteiger partial charge in [0.15, 0.2) is 4.34 Å². The Morgan fingerprint density at radius 3 is 2.82 bits per heavy atom. The van der Waals surface area contributed by atoms with E-state index in [4.69, 9.17) is 4.74 Å². The average molecular weight is 421 g/mol. The Bertz CT molecular complexity index is 819. The van der Waals surface area contributed by atoms with Gasteiger partial charge in [-0.3, -0.25) is 9.59 Å². The van der Waals surface area contributed by atoms with Crippen molar-refractivity contribution in [1.82, 2.24) is 15.1 Å². The molecule has 7 nitrogen and oxygen atoms in total. The smallest absolute Gasteiger partial charge is 0.309 e. The number of thioether (sulfide) groups is 1. The first-order valence-electron chi connectivity index (χ1n) is 9.29. The topological polar surface area (TPSA) is 84.4 Å². The van der Waals surface area contributed by atoms with Crippen LogP contribution in [0, 0.1) is 12.8 Å². The minimum atomic E-state index is -0.147. The molecule has 0 spiro atoms. The van der Waals surface area contributed by atoms with Crippen LogP contribution in [0.4, 0.5) is 10.8 Å². The van der Waals surface area contributed by atoms with Crippen molar-refractivity contribution in [3.05, 3.63) is 29.8 Å². The summed E-state index contributed by atoms with van der Waals surface area (Å²) in [6.07, 6.45) is 1.33. The highest BCUT2D eigenvalue weighted by Crippen LogP contribution is 2.28. The van der Waals surface area contributed by atoms with Crippen molar-refractivity contribution in [1.29, 1.82) is 0 Å². The number of rotatable bonds is 7. The van der Waals surface area contributed by atoms with Gasteiger partial charge in [0.2, 0.25) is 11.0 Å². The highest BCUT2D eigenvalue weighted by molar-refractivity contribution is 8.01. The number of benzene rings is 1. The van der Waals surface area contributed by atoms with E-state index < -0.39 is 0 Å². The molecule has 1 aliphatic rings. The van der Waals surface area contributed by atoms with Crippen molar-refractivity contribution in [3.63, 3.8) is 0 Å². The number of amides is 1. The summed E-state index contributed by atoms with van der Waals surface area (Å²) in [4.78, 5) is 26.0. The van der Waals surface area contributed by atoms with Crippen molar-refractivity contribution >= 4 is 45.8 Å². The second-order valence-corrected chi connectivity index (χ2v) is 8.76. The van der Waals surface area contributed by atoms with E-state index in [1.54, 1.807) is 0 Å². The zero-order valence-electron chi connectivity index (χ0n) is 16.0. The van der Waals surface area contributed by atoms with Gasteiger partial charge in [-0.05, 0) is 44.4 Å². The van der Waals surface area contributed by atoms with Gasteiger partial charge in [0, 0.05) is 18.8 Å². The molecular formula is C19H24N4O3S2. The van der Waals surface area contributed by atoms with Gasteiger partial charge in [-0.25, -0.2) is 0 Å². The van der Waals surface area contributed by atoms with Crippen LogP contribution in [0.1, 0.15) is 25.3 Å². The number of hydrogen-bond acceptors (Lipinski definition) is 8. The Balaban J connectivity index is 1.44. The summed E-state index contributed by atoms with van der Waals surface area (Å²) in [7, 11) is 0. The van der Waals surface area contributed by atoms with Crippen molar-refractivity contribution in [3.8, 4) is 0 Å². The first-order valence-corrected chi connectivity index (χ1v) is 11.1. The fraction of sp³-hybridized carbons (Fsp3) is 0.474. The van der Waals surface area contributed by atoms with Gasteiger partial charge in [-0.1, -0.05) is 35.2 Å². The van der Waals surface area contributed by atoms with Gasteiger partial charge >= 0.3 is 5.97 Å². The number of nitrogens with one attached hydrogen (secondary N) is 1. The second-order valence-electron chi connectivity index (χ2n) is 6.56. The van der Waals surface area contributed by atoms with E-state index >= 15 is 0 Å². The first-order chi connectivity index (χ1) is 13.5. The van der Waals surface area contributed by atoms with Gasteiger partial charge in [-0.15, -0.1) is 10.2 Å². The standard InChI is InChI=1S/C19H24N4O3S2/c1-3-26-17(25)14-7-9-23(10-8-14)16(24)12-27-19-22-21-18(28-19)20-15-6-4-5-13(2)11-15/h4-6,11,14H,3,7-10,12H2,1-2H3,(H,20,21). The van der Waals surface area contributed by atoms with E-state index in [9.17, 15) is 9.59 Å². The fourth-order valence-corrected chi connectivity index (χ4v) is 4.68. The largest absolute Gasteiger partial charge is 0.466 e. The Morgan fingerprint density at radius 2 is 2.11 bits per heavy atom. The molecule has 150 valence electrons. The molecule has 1 aromatic carbocycles. The lowest BCUT2D eigenvalue weighted by molar-refractivity contribution is -0.151. The molecule has 0 bridgehead atoms. The number of likely N-dealkylation sites (tertiary alicyclic amines) is 1. The summed E-state index contributed by atoms with van der Waals surface area (Å²) in [6.45, 7) is 5.44. The third kappa shape index (κ3) is 5.68. The number of carbonyl (C=O) groups excluding carboxylic acids is 2. The molecule has 2 aromatic rings. The molecule has 28 heavy (non-hydrogen) atoms. The normalized spacial score (nSPS) is 14.7. The predicted octanol–water partition coefficient (Wildman–Crippen LogP) is 3.48. The molecule has 1 aliphatic heterocycles. The number of aryl methyl sites for hydroxylation is 1. The van der Waals surface area contributed by atoms with E-state index in [1.165, 1.54) is 28.7 Å². The summed E-state index contributed by atoms with van der Waals surface area (Å²) < 4.78 is 5.82. The maximum Gasteiger partial charge on any atom is 0.309 e. The summed E-state index contributed by atoms with van der Waals surface area (Å²) in [5, 5.41) is 12.2. The number of hydrogen-bond donors (Lipinski definition) is 1. The Hall–Kier alpha value is -2.13. The lowest BCUT2D eigenvalue weighted by atomic mass is 9.97. The molecule has 9 heteroatoms. The van der Waals surface area contributed by atoms with Crippen LogP contribution in [-0.2, 0) is 14.3 Å². The lowest BCUT2D eigenvalue weighted by Gasteiger charge is -2.30. The van der Waals surface area contributed by atoms with Gasteiger partial charge < -0.3 is 15.0 Å². The van der Waals surface area contributed by atoms with Crippen LogP contribution in [0.15, 0.2) is 28.6 Å². The van der Waals surface area contributed by atoms with Crippen LogP contribution in [0.5, 0.6) is 0 Å². The number of nitrogens with zero attached hydrogens (tertiary/aromatic N) is 3. The zero-order chi connectivity index (χ0) is 19.9. The zero-order valence-corrected chi connectivity index (χ0v) is 17.6. The molecule has 1 aromatic heterocycles. The molecule has 0 saturated carbocycles. The van der Waals surface area contributed by atoms with Crippen molar-refractivity contribution < 1.29 is 14.3 Å². The molecule has 0 unspecified atom stereocenters. The Kier molecular flexibility index (Phi) is 7.27. The minimum absolute atomic E-state index is 0.0655. The summed E-state index contributed by atoms with van der Waals surface area (Å²) in [5.74, 6) is 0.153. The molecule has 1 amide bonds. The maximum absolute atomic E-state index is 12.4. The van der Waals surface area contributed by atoms with Crippen LogP contribution < -0.4 is 5.32 Å². The lowest BCUT2D eigenvalue weighted by Crippen LogP contribution is -2.41. The third-order valence-electron chi connectivity index (χ3n) is 4.46. The maximum atomic E-state index is 12.4. The van der Waals surface area contributed by atoms with Crippen LogP contribution in [0.2, 0.25) is 0 Å². The van der Waals surface area contributed by atoms with E-state index in [0.29, 0.717) is 43.4 Å². The second kappa shape index (κ2) is 9.88. The van der Waals surface area contributed by atoms with Crippen LogP contribution in [0.3, 0.4) is 0 Å². The third-order valence-corrected chi connectivity index (χ3v) is 6.42. The minimum Gasteiger partial charge on any atom is -0.466 e. The molecular weight excluding hydrogens is 396 g/mol. The highest BCUT2D eigenvalue weighted by Gasteiger charge is 2.28. The molecule has 1 saturated heterocycles. The van der Waals surface area contributed by atoms with Gasteiger partial charge in [-0.2, -0.15) is 0 Å². The average Bonchev–Trinajstić information content (AvgIpc) is 3.14. The van der Waals surface area contributed by atoms with Gasteiger partial charge in [0.1, 0.15) is 0 Å². The van der Waals surface area contributed by atoms with Crippen molar-refractivity contribution in [2.75, 3.05) is 30.8 Å². The Labute approximate surface area is 172 Å². The molecule has 3 rings (SSSR count). The van der Waals surface area contributed by atoms with E-state index in [-0.39, 0.29) is 17.8 Å². The molecule has 0 radical (unpaired) electrons.